The van der Waals surface area contributed by atoms with Crippen molar-refractivity contribution in [2.24, 2.45) is 0 Å². The average Bonchev–Trinajstić information content (AvgIpc) is 2.60. The monoisotopic (exact) mass is 213 g/mol. The molecule has 0 saturated heterocycles. The molecule has 74 valence electrons. The summed E-state index contributed by atoms with van der Waals surface area (Å²) in [5, 5.41) is 9.76. The Morgan fingerprint density at radius 2 is 2.36 bits per heavy atom. The van der Waals surface area contributed by atoms with Crippen LogP contribution in [0.2, 0.25) is 0 Å². The summed E-state index contributed by atoms with van der Waals surface area (Å²) >= 11 is 0.919. The van der Waals surface area contributed by atoms with E-state index in [0.29, 0.717) is 5.57 Å². The van der Waals surface area contributed by atoms with Gasteiger partial charge < -0.3 is 5.11 Å². The maximum Gasteiger partial charge on any atom is 0.357 e. The van der Waals surface area contributed by atoms with Gasteiger partial charge in [-0.2, -0.15) is 4.98 Å². The maximum atomic E-state index is 11.3. The van der Waals surface area contributed by atoms with Crippen LogP contribution in [-0.2, 0) is 4.79 Å². The molecule has 1 aromatic rings. The second kappa shape index (κ2) is 3.03. The number of H-pyrrole nitrogens is 1. The molecule has 0 radical (unpaired) electrons. The Bertz CT molecular complexity index is 461. The summed E-state index contributed by atoms with van der Waals surface area (Å²) in [6, 6.07) is 0. The summed E-state index contributed by atoms with van der Waals surface area (Å²) in [5.41, 5.74) is 0.0206. The average molecular weight is 213 g/mol. The lowest BCUT2D eigenvalue weighted by Crippen LogP contribution is -2.34. The molecule has 0 bridgehead atoms. The first kappa shape index (κ1) is 9.10. The minimum atomic E-state index is -1.01. The fourth-order valence-electron chi connectivity index (χ4n) is 1.19. The number of anilines is 1. The molecule has 2 heterocycles. The summed E-state index contributed by atoms with van der Waals surface area (Å²) in [6.45, 7) is 1.64. The lowest BCUT2D eigenvalue weighted by atomic mass is 10.3. The van der Waals surface area contributed by atoms with Crippen LogP contribution in [0.15, 0.2) is 16.4 Å². The number of rotatable bonds is 1. The minimum absolute atomic E-state index is 0.181. The quantitative estimate of drug-likeness (QED) is 0.655. The Labute approximate surface area is 82.7 Å². The number of nitrogens with one attached hydrogen (secondary N) is 1. The molecular weight excluding hydrogens is 206 g/mol. The van der Waals surface area contributed by atoms with Gasteiger partial charge in [-0.3, -0.25) is 14.1 Å². The Hall–Kier alpha value is -1.47. The van der Waals surface area contributed by atoms with Crippen molar-refractivity contribution in [1.29, 1.82) is 0 Å². The van der Waals surface area contributed by atoms with Crippen molar-refractivity contribution < 1.29 is 9.90 Å². The number of aliphatic hydroxyl groups is 1. The number of hydrogen-bond acceptors (Lipinski definition) is 5. The smallest absolute Gasteiger partial charge is 0.357 e. The van der Waals surface area contributed by atoms with Crippen LogP contribution < -0.4 is 10.6 Å². The van der Waals surface area contributed by atoms with Gasteiger partial charge in [-0.1, -0.05) is 0 Å². The first-order valence-corrected chi connectivity index (χ1v) is 4.66. The van der Waals surface area contributed by atoms with Crippen LogP contribution in [0.25, 0.3) is 0 Å². The van der Waals surface area contributed by atoms with E-state index in [2.05, 4.69) is 9.36 Å². The summed E-state index contributed by atoms with van der Waals surface area (Å²) in [5.74, 6) is -0.363. The van der Waals surface area contributed by atoms with Gasteiger partial charge in [0.15, 0.2) is 6.23 Å². The van der Waals surface area contributed by atoms with Crippen molar-refractivity contribution in [1.82, 2.24) is 9.36 Å². The van der Waals surface area contributed by atoms with Crippen molar-refractivity contribution in [3.8, 4) is 0 Å². The van der Waals surface area contributed by atoms with Crippen LogP contribution in [0.3, 0.4) is 0 Å². The molecule has 0 fully saturated rings. The second-order valence-electron chi connectivity index (χ2n) is 2.87. The van der Waals surface area contributed by atoms with Gasteiger partial charge in [0.05, 0.1) is 0 Å². The highest BCUT2D eigenvalue weighted by Crippen LogP contribution is 2.24. The molecule has 1 aromatic heterocycles. The third-order valence-corrected chi connectivity index (χ3v) is 2.62. The second-order valence-corrected chi connectivity index (χ2v) is 3.65. The van der Waals surface area contributed by atoms with Gasteiger partial charge in [0.2, 0.25) is 5.13 Å². The zero-order chi connectivity index (χ0) is 10.3. The van der Waals surface area contributed by atoms with Gasteiger partial charge in [-0.25, -0.2) is 4.79 Å². The van der Waals surface area contributed by atoms with Crippen LogP contribution >= 0.6 is 11.5 Å². The fraction of sp³-hybridized carbons (Fsp3) is 0.286. The highest BCUT2D eigenvalue weighted by molar-refractivity contribution is 7.09. The Morgan fingerprint density at radius 3 is 2.79 bits per heavy atom. The maximum absolute atomic E-state index is 11.3. The number of aromatic amines is 1. The fourth-order valence-corrected chi connectivity index (χ4v) is 1.83. The van der Waals surface area contributed by atoms with E-state index >= 15 is 0 Å². The molecular formula is C7H7N3O3S. The van der Waals surface area contributed by atoms with Crippen molar-refractivity contribution in [3.63, 3.8) is 0 Å². The first-order valence-electron chi connectivity index (χ1n) is 3.84. The molecule has 0 spiro atoms. The van der Waals surface area contributed by atoms with E-state index in [0.717, 1.165) is 16.4 Å². The van der Waals surface area contributed by atoms with Crippen molar-refractivity contribution in [2.75, 3.05) is 4.90 Å². The number of aliphatic hydroxyl groups excluding tert-OH is 1. The standard InChI is InChI=1S/C7H7N3O3S/c1-3-2-4(11)10(5(3)12)7-8-6(13)9-14-7/h2,5,12H,1H3,(H,9,13). The number of amides is 1. The zero-order valence-electron chi connectivity index (χ0n) is 7.22. The normalized spacial score (nSPS) is 21.6. The SMILES string of the molecule is CC1=CC(=O)N(c2nc(=O)[nH]s2)C1O. The molecule has 1 aliphatic rings. The molecule has 1 atom stereocenters. The van der Waals surface area contributed by atoms with E-state index in [1.165, 1.54) is 6.08 Å². The van der Waals surface area contributed by atoms with E-state index in [1.807, 2.05) is 0 Å². The van der Waals surface area contributed by atoms with Gasteiger partial charge in [0.1, 0.15) is 0 Å². The van der Waals surface area contributed by atoms with E-state index in [-0.39, 0.29) is 11.0 Å². The number of carbonyl (C=O) groups is 1. The zero-order valence-corrected chi connectivity index (χ0v) is 8.04. The number of nitrogens with zero attached hydrogens (tertiary/aromatic N) is 2. The predicted octanol–water partition coefficient (Wildman–Crippen LogP) is -0.557. The Balaban J connectivity index is 2.38. The van der Waals surface area contributed by atoms with Crippen LogP contribution in [0.5, 0.6) is 0 Å². The van der Waals surface area contributed by atoms with Gasteiger partial charge in [-0.05, 0) is 24.0 Å². The van der Waals surface area contributed by atoms with Gasteiger partial charge in [0, 0.05) is 6.08 Å². The van der Waals surface area contributed by atoms with E-state index in [9.17, 15) is 14.7 Å². The van der Waals surface area contributed by atoms with E-state index < -0.39 is 11.9 Å². The van der Waals surface area contributed by atoms with Gasteiger partial charge >= 0.3 is 5.69 Å². The van der Waals surface area contributed by atoms with E-state index in [1.54, 1.807) is 6.92 Å². The third kappa shape index (κ3) is 1.26. The summed E-state index contributed by atoms with van der Waals surface area (Å²) < 4.78 is 2.35. The highest BCUT2D eigenvalue weighted by atomic mass is 32.1. The summed E-state index contributed by atoms with van der Waals surface area (Å²) in [4.78, 5) is 26.7. The molecule has 1 unspecified atom stereocenters. The third-order valence-electron chi connectivity index (χ3n) is 1.87. The van der Waals surface area contributed by atoms with Crippen molar-refractivity contribution in [3.05, 3.63) is 22.1 Å². The molecule has 0 aliphatic carbocycles. The van der Waals surface area contributed by atoms with Crippen LogP contribution in [0.4, 0.5) is 5.13 Å². The van der Waals surface area contributed by atoms with Crippen molar-refractivity contribution >= 4 is 22.6 Å². The number of aromatic nitrogens is 2. The number of hydrogen-bond donors (Lipinski definition) is 2. The van der Waals surface area contributed by atoms with Crippen molar-refractivity contribution in [2.45, 2.75) is 13.2 Å². The summed E-state index contributed by atoms with van der Waals surface area (Å²) in [7, 11) is 0. The largest absolute Gasteiger partial charge is 0.369 e. The molecule has 7 heteroatoms. The molecule has 2 rings (SSSR count). The Morgan fingerprint density at radius 1 is 1.64 bits per heavy atom. The molecule has 14 heavy (non-hydrogen) atoms. The molecule has 6 nitrogen and oxygen atoms in total. The van der Waals surface area contributed by atoms with Crippen LogP contribution in [0, 0.1) is 0 Å². The molecule has 0 saturated carbocycles. The lowest BCUT2D eigenvalue weighted by Gasteiger charge is -2.17. The lowest BCUT2D eigenvalue weighted by molar-refractivity contribution is -0.114. The minimum Gasteiger partial charge on any atom is -0.369 e. The Kier molecular flexibility index (Phi) is 1.97. The highest BCUT2D eigenvalue weighted by Gasteiger charge is 2.32. The first-order chi connectivity index (χ1) is 6.59. The van der Waals surface area contributed by atoms with Gasteiger partial charge in [0.25, 0.3) is 5.91 Å². The molecule has 1 aliphatic heterocycles. The molecule has 1 amide bonds. The van der Waals surface area contributed by atoms with E-state index in [4.69, 9.17) is 0 Å². The number of carbonyl (C=O) groups excluding carboxylic acids is 1. The predicted molar refractivity (Wildman–Crippen MR) is 50.0 cm³/mol. The molecule has 2 N–H and O–H groups in total. The molecule has 0 aromatic carbocycles. The van der Waals surface area contributed by atoms with Gasteiger partial charge in [-0.15, -0.1) is 0 Å². The van der Waals surface area contributed by atoms with Crippen LogP contribution in [-0.4, -0.2) is 26.6 Å². The van der Waals surface area contributed by atoms with Crippen LogP contribution in [0.1, 0.15) is 6.92 Å². The topological polar surface area (TPSA) is 86.3 Å². The summed E-state index contributed by atoms with van der Waals surface area (Å²) in [6.07, 6.45) is 0.303.